The molecule has 2 N–H and O–H groups in total. The third-order valence-corrected chi connectivity index (χ3v) is 7.03. The molecule has 0 unspecified atom stereocenters. The van der Waals surface area contributed by atoms with Gasteiger partial charge in [-0.05, 0) is 68.2 Å². The standard InChI is InChI=1S/C29H37N3O5/c1-29(2,3)37-28(35)32-15-13-19(14-16-32)17-25(26(33)30-4)31-27(34)36-18-24-22-11-7-5-9-20(22)21-10-6-8-12-23(21)24/h5-12,19,24-25H,13-18H2,1-4H3,(H,30,33)(H,31,34)/t25-/m1/s1. The number of likely N-dealkylation sites (tertiary alicyclic amines) is 1. The van der Waals surface area contributed by atoms with Gasteiger partial charge in [0.2, 0.25) is 5.91 Å². The van der Waals surface area contributed by atoms with Gasteiger partial charge in [-0.25, -0.2) is 9.59 Å². The Balaban J connectivity index is 1.32. The van der Waals surface area contributed by atoms with Gasteiger partial charge in [-0.3, -0.25) is 4.79 Å². The van der Waals surface area contributed by atoms with Gasteiger partial charge in [0.05, 0.1) is 0 Å². The average Bonchev–Trinajstić information content (AvgIpc) is 3.19. The summed E-state index contributed by atoms with van der Waals surface area (Å²) in [5.74, 6) is -0.119. The van der Waals surface area contributed by atoms with Crippen molar-refractivity contribution in [2.45, 2.75) is 57.6 Å². The number of carbonyl (C=O) groups excluding carboxylic acids is 3. The van der Waals surface area contributed by atoms with Crippen LogP contribution in [0.3, 0.4) is 0 Å². The molecule has 2 aromatic rings. The van der Waals surface area contributed by atoms with Gasteiger partial charge in [0.1, 0.15) is 18.2 Å². The third kappa shape index (κ3) is 6.42. The molecule has 2 aromatic carbocycles. The molecule has 2 aliphatic rings. The molecule has 0 spiro atoms. The molecule has 1 saturated heterocycles. The van der Waals surface area contributed by atoms with Crippen molar-refractivity contribution in [3.63, 3.8) is 0 Å². The Hall–Kier alpha value is -3.55. The number of likely N-dealkylation sites (N-methyl/N-ethyl adjacent to an activating group) is 1. The number of nitrogens with one attached hydrogen (secondary N) is 2. The lowest BCUT2D eigenvalue weighted by Crippen LogP contribution is -2.48. The van der Waals surface area contributed by atoms with Crippen molar-refractivity contribution < 1.29 is 23.9 Å². The van der Waals surface area contributed by atoms with Crippen molar-refractivity contribution in [1.82, 2.24) is 15.5 Å². The van der Waals surface area contributed by atoms with E-state index in [2.05, 4.69) is 34.9 Å². The van der Waals surface area contributed by atoms with Crippen molar-refractivity contribution >= 4 is 18.1 Å². The van der Waals surface area contributed by atoms with E-state index in [1.165, 1.54) is 0 Å². The highest BCUT2D eigenvalue weighted by molar-refractivity contribution is 5.85. The molecular weight excluding hydrogens is 470 g/mol. The number of benzene rings is 2. The lowest BCUT2D eigenvalue weighted by molar-refractivity contribution is -0.123. The maximum atomic E-state index is 12.8. The van der Waals surface area contributed by atoms with Crippen LogP contribution in [0.2, 0.25) is 0 Å². The van der Waals surface area contributed by atoms with Crippen molar-refractivity contribution in [2.24, 2.45) is 5.92 Å². The quantitative estimate of drug-likeness (QED) is 0.592. The summed E-state index contributed by atoms with van der Waals surface area (Å²) in [5, 5.41) is 5.42. The van der Waals surface area contributed by atoms with Crippen LogP contribution < -0.4 is 10.6 Å². The van der Waals surface area contributed by atoms with E-state index in [1.54, 1.807) is 11.9 Å². The number of rotatable bonds is 6. The zero-order valence-corrected chi connectivity index (χ0v) is 22.1. The van der Waals surface area contributed by atoms with Crippen LogP contribution in [0.4, 0.5) is 9.59 Å². The highest BCUT2D eigenvalue weighted by atomic mass is 16.6. The Morgan fingerprint density at radius 3 is 2.08 bits per heavy atom. The van der Waals surface area contributed by atoms with E-state index < -0.39 is 17.7 Å². The number of ether oxygens (including phenoxy) is 2. The van der Waals surface area contributed by atoms with Crippen LogP contribution in [0.25, 0.3) is 11.1 Å². The summed E-state index contributed by atoms with van der Waals surface area (Å²) in [6, 6.07) is 15.6. The normalized spacial score (nSPS) is 16.4. The summed E-state index contributed by atoms with van der Waals surface area (Å²) < 4.78 is 11.1. The van der Waals surface area contributed by atoms with E-state index in [9.17, 15) is 14.4 Å². The second-order valence-corrected chi connectivity index (χ2v) is 10.8. The molecule has 0 bridgehead atoms. The smallest absolute Gasteiger partial charge is 0.410 e. The maximum absolute atomic E-state index is 12.8. The second kappa shape index (κ2) is 11.2. The summed E-state index contributed by atoms with van der Waals surface area (Å²) in [6.07, 6.45) is 1.02. The van der Waals surface area contributed by atoms with Crippen LogP contribution in [0.1, 0.15) is 57.1 Å². The van der Waals surface area contributed by atoms with Crippen LogP contribution in [0.15, 0.2) is 48.5 Å². The molecule has 8 nitrogen and oxygen atoms in total. The fourth-order valence-electron chi connectivity index (χ4n) is 5.20. The lowest BCUT2D eigenvalue weighted by atomic mass is 9.90. The van der Waals surface area contributed by atoms with Crippen molar-refractivity contribution in [2.75, 3.05) is 26.7 Å². The van der Waals surface area contributed by atoms with Crippen LogP contribution in [-0.2, 0) is 14.3 Å². The molecule has 8 heteroatoms. The second-order valence-electron chi connectivity index (χ2n) is 10.8. The van der Waals surface area contributed by atoms with Crippen molar-refractivity contribution in [1.29, 1.82) is 0 Å². The highest BCUT2D eigenvalue weighted by Crippen LogP contribution is 2.44. The van der Waals surface area contributed by atoms with E-state index in [0.29, 0.717) is 19.5 Å². The largest absolute Gasteiger partial charge is 0.449 e. The van der Waals surface area contributed by atoms with Gasteiger partial charge in [0, 0.05) is 26.1 Å². The molecule has 1 fully saturated rings. The maximum Gasteiger partial charge on any atom is 0.410 e. The molecule has 4 rings (SSSR count). The molecule has 1 atom stereocenters. The zero-order valence-electron chi connectivity index (χ0n) is 22.1. The number of hydrogen-bond donors (Lipinski definition) is 2. The van der Waals surface area contributed by atoms with E-state index in [0.717, 1.165) is 35.1 Å². The number of alkyl carbamates (subject to hydrolysis) is 1. The van der Waals surface area contributed by atoms with Crippen LogP contribution in [0.5, 0.6) is 0 Å². The summed E-state index contributed by atoms with van der Waals surface area (Å²) in [7, 11) is 1.56. The predicted molar refractivity (Wildman–Crippen MR) is 141 cm³/mol. The molecular formula is C29H37N3O5. The number of piperidine rings is 1. The zero-order chi connectivity index (χ0) is 26.6. The third-order valence-electron chi connectivity index (χ3n) is 7.03. The van der Waals surface area contributed by atoms with Gasteiger partial charge in [-0.2, -0.15) is 0 Å². The van der Waals surface area contributed by atoms with Crippen LogP contribution in [-0.4, -0.2) is 61.4 Å². The van der Waals surface area contributed by atoms with Crippen molar-refractivity contribution in [3.8, 4) is 11.1 Å². The van der Waals surface area contributed by atoms with Crippen LogP contribution in [0, 0.1) is 5.92 Å². The molecule has 0 aromatic heterocycles. The van der Waals surface area contributed by atoms with Gasteiger partial charge in [-0.1, -0.05) is 48.5 Å². The molecule has 198 valence electrons. The van der Waals surface area contributed by atoms with E-state index >= 15 is 0 Å². The summed E-state index contributed by atoms with van der Waals surface area (Å²) >= 11 is 0. The number of carbonyl (C=O) groups is 3. The van der Waals surface area contributed by atoms with Gasteiger partial charge in [0.15, 0.2) is 0 Å². The Morgan fingerprint density at radius 1 is 0.973 bits per heavy atom. The fraction of sp³-hybridized carbons (Fsp3) is 0.483. The number of nitrogens with zero attached hydrogens (tertiary/aromatic N) is 1. The first kappa shape index (κ1) is 26.5. The fourth-order valence-corrected chi connectivity index (χ4v) is 5.20. The van der Waals surface area contributed by atoms with Crippen molar-refractivity contribution in [3.05, 3.63) is 59.7 Å². The first-order chi connectivity index (χ1) is 17.7. The Bertz CT molecular complexity index is 1090. The highest BCUT2D eigenvalue weighted by Gasteiger charge is 2.32. The SMILES string of the molecule is CNC(=O)[C@@H](CC1CCN(C(=O)OC(C)(C)C)CC1)NC(=O)OCC1c2ccccc2-c2ccccc21. The minimum absolute atomic E-state index is 0.0474. The molecule has 0 saturated carbocycles. The number of hydrogen-bond acceptors (Lipinski definition) is 5. The molecule has 37 heavy (non-hydrogen) atoms. The summed E-state index contributed by atoms with van der Waals surface area (Å²) in [5.41, 5.74) is 4.05. The van der Waals surface area contributed by atoms with Gasteiger partial charge < -0.3 is 25.0 Å². The van der Waals surface area contributed by atoms with Gasteiger partial charge in [-0.15, -0.1) is 0 Å². The number of amides is 3. The van der Waals surface area contributed by atoms with E-state index in [1.807, 2.05) is 45.0 Å². The molecule has 0 radical (unpaired) electrons. The first-order valence-electron chi connectivity index (χ1n) is 13.0. The topological polar surface area (TPSA) is 97.0 Å². The monoisotopic (exact) mass is 507 g/mol. The lowest BCUT2D eigenvalue weighted by Gasteiger charge is -2.34. The minimum Gasteiger partial charge on any atom is -0.449 e. The van der Waals surface area contributed by atoms with E-state index in [-0.39, 0.29) is 30.4 Å². The number of fused-ring (bicyclic) bond motifs is 3. The Morgan fingerprint density at radius 2 is 1.54 bits per heavy atom. The predicted octanol–water partition coefficient (Wildman–Crippen LogP) is 4.68. The van der Waals surface area contributed by atoms with Crippen LogP contribution >= 0.6 is 0 Å². The first-order valence-corrected chi connectivity index (χ1v) is 13.0. The molecule has 1 aliphatic carbocycles. The van der Waals surface area contributed by atoms with Gasteiger partial charge in [0.25, 0.3) is 0 Å². The average molecular weight is 508 g/mol. The Kier molecular flexibility index (Phi) is 8.05. The summed E-state index contributed by atoms with van der Waals surface area (Å²) in [4.78, 5) is 39.4. The Labute approximate surface area is 218 Å². The van der Waals surface area contributed by atoms with Gasteiger partial charge >= 0.3 is 12.2 Å². The van der Waals surface area contributed by atoms with E-state index in [4.69, 9.17) is 9.47 Å². The minimum atomic E-state index is -0.710. The molecule has 1 heterocycles. The molecule has 1 aliphatic heterocycles. The summed E-state index contributed by atoms with van der Waals surface area (Å²) in [6.45, 7) is 6.85. The molecule has 3 amide bonds.